The molecule has 0 aliphatic carbocycles. The van der Waals surface area contributed by atoms with E-state index in [1.807, 2.05) is 55.5 Å². The fraction of sp³-hybridized carbons (Fsp3) is 0.0909. The fourth-order valence-corrected chi connectivity index (χ4v) is 3.02. The van der Waals surface area contributed by atoms with Gasteiger partial charge in [-0.1, -0.05) is 41.9 Å². The molecule has 0 aliphatic heterocycles. The van der Waals surface area contributed by atoms with Crippen LogP contribution < -0.4 is 5.32 Å². The predicted octanol–water partition coefficient (Wildman–Crippen LogP) is 4.60. The standard InChI is InChI=1S/C22H18ClN5O/c1-15-5-2-3-7-19(15)21(29)28-22(25-13-16-8-10-18(23)11-9-16)26-20(27-28)17-6-4-12-24-14-17/h2-12,14H,13H2,1H3,(H,25,26,27). The third-order valence-corrected chi connectivity index (χ3v) is 4.71. The maximum absolute atomic E-state index is 13.2. The smallest absolute Gasteiger partial charge is 0.281 e. The van der Waals surface area contributed by atoms with Gasteiger partial charge in [-0.25, -0.2) is 0 Å². The molecular formula is C22H18ClN5O. The maximum Gasteiger partial charge on any atom is 0.281 e. The van der Waals surface area contributed by atoms with Gasteiger partial charge in [0.05, 0.1) is 0 Å². The minimum atomic E-state index is -0.246. The molecule has 2 aromatic heterocycles. The first kappa shape index (κ1) is 18.8. The molecule has 2 aromatic carbocycles. The highest BCUT2D eigenvalue weighted by atomic mass is 35.5. The summed E-state index contributed by atoms with van der Waals surface area (Å²) >= 11 is 5.95. The Kier molecular flexibility index (Phi) is 5.35. The Bertz CT molecular complexity index is 1140. The summed E-state index contributed by atoms with van der Waals surface area (Å²) in [5.41, 5.74) is 3.19. The van der Waals surface area contributed by atoms with Crippen LogP contribution in [-0.4, -0.2) is 25.7 Å². The highest BCUT2D eigenvalue weighted by Crippen LogP contribution is 2.20. The van der Waals surface area contributed by atoms with Gasteiger partial charge >= 0.3 is 0 Å². The number of hydrogen-bond donors (Lipinski definition) is 1. The first-order chi connectivity index (χ1) is 14.1. The summed E-state index contributed by atoms with van der Waals surface area (Å²) in [6, 6.07) is 18.6. The highest BCUT2D eigenvalue weighted by Gasteiger charge is 2.20. The molecule has 0 bridgehead atoms. The molecule has 6 nitrogen and oxygen atoms in total. The third-order valence-electron chi connectivity index (χ3n) is 4.46. The largest absolute Gasteiger partial charge is 0.350 e. The summed E-state index contributed by atoms with van der Waals surface area (Å²) in [4.78, 5) is 21.8. The topological polar surface area (TPSA) is 72.7 Å². The van der Waals surface area contributed by atoms with Gasteiger partial charge in [0, 0.05) is 35.1 Å². The minimum absolute atomic E-state index is 0.246. The molecule has 0 amide bonds. The van der Waals surface area contributed by atoms with Crippen molar-refractivity contribution >= 4 is 23.5 Å². The molecular weight excluding hydrogens is 386 g/mol. The molecule has 0 unspecified atom stereocenters. The zero-order chi connectivity index (χ0) is 20.2. The molecule has 4 rings (SSSR count). The molecule has 0 fully saturated rings. The van der Waals surface area contributed by atoms with Crippen molar-refractivity contribution < 1.29 is 4.79 Å². The van der Waals surface area contributed by atoms with Crippen molar-refractivity contribution in [2.45, 2.75) is 13.5 Å². The van der Waals surface area contributed by atoms with Crippen LogP contribution in [0, 0.1) is 6.92 Å². The average Bonchev–Trinajstić information content (AvgIpc) is 3.18. The van der Waals surface area contributed by atoms with E-state index in [0.717, 1.165) is 16.7 Å². The maximum atomic E-state index is 13.2. The zero-order valence-electron chi connectivity index (χ0n) is 15.7. The number of nitrogens with zero attached hydrogens (tertiary/aromatic N) is 4. The van der Waals surface area contributed by atoms with E-state index in [2.05, 4.69) is 20.4 Å². The number of carbonyl (C=O) groups excluding carboxylic acids is 1. The van der Waals surface area contributed by atoms with Crippen molar-refractivity contribution in [3.8, 4) is 11.4 Å². The molecule has 29 heavy (non-hydrogen) atoms. The molecule has 4 aromatic rings. The van der Waals surface area contributed by atoms with Crippen molar-refractivity contribution in [2.24, 2.45) is 0 Å². The van der Waals surface area contributed by atoms with Crippen LogP contribution in [0.5, 0.6) is 0 Å². The molecule has 0 saturated carbocycles. The molecule has 0 saturated heterocycles. The predicted molar refractivity (Wildman–Crippen MR) is 113 cm³/mol. The summed E-state index contributed by atoms with van der Waals surface area (Å²) in [6.45, 7) is 2.37. The van der Waals surface area contributed by atoms with Gasteiger partial charge in [-0.2, -0.15) is 9.67 Å². The monoisotopic (exact) mass is 403 g/mol. The van der Waals surface area contributed by atoms with Crippen molar-refractivity contribution in [3.05, 3.63) is 94.8 Å². The van der Waals surface area contributed by atoms with Crippen molar-refractivity contribution in [3.63, 3.8) is 0 Å². The third kappa shape index (κ3) is 4.17. The lowest BCUT2D eigenvalue weighted by Gasteiger charge is -2.09. The Morgan fingerprint density at radius 2 is 1.86 bits per heavy atom. The first-order valence-corrected chi connectivity index (χ1v) is 9.46. The van der Waals surface area contributed by atoms with E-state index in [1.165, 1.54) is 4.68 Å². The summed E-state index contributed by atoms with van der Waals surface area (Å²) < 4.78 is 1.31. The molecule has 0 atom stereocenters. The number of halogens is 1. The summed E-state index contributed by atoms with van der Waals surface area (Å²) in [5, 5.41) is 8.34. The van der Waals surface area contributed by atoms with Gasteiger partial charge in [-0.3, -0.25) is 9.78 Å². The number of rotatable bonds is 5. The van der Waals surface area contributed by atoms with Crippen molar-refractivity contribution in [1.29, 1.82) is 0 Å². The van der Waals surface area contributed by atoms with Gasteiger partial charge in [0.2, 0.25) is 5.95 Å². The Labute approximate surface area is 173 Å². The summed E-state index contributed by atoms with van der Waals surface area (Å²) in [6.07, 6.45) is 3.35. The lowest BCUT2D eigenvalue weighted by Crippen LogP contribution is -2.18. The van der Waals surface area contributed by atoms with E-state index in [1.54, 1.807) is 24.5 Å². The van der Waals surface area contributed by atoms with Crippen molar-refractivity contribution in [2.75, 3.05) is 5.32 Å². The van der Waals surface area contributed by atoms with Crippen LogP contribution in [0.4, 0.5) is 5.95 Å². The van der Waals surface area contributed by atoms with Crippen LogP contribution in [0.15, 0.2) is 73.1 Å². The van der Waals surface area contributed by atoms with Crippen LogP contribution in [0.1, 0.15) is 21.5 Å². The van der Waals surface area contributed by atoms with Crippen LogP contribution in [0.3, 0.4) is 0 Å². The number of nitrogens with one attached hydrogen (secondary N) is 1. The van der Waals surface area contributed by atoms with Crippen LogP contribution in [0.25, 0.3) is 11.4 Å². The highest BCUT2D eigenvalue weighted by molar-refractivity contribution is 6.30. The number of aromatic nitrogens is 4. The number of benzene rings is 2. The molecule has 7 heteroatoms. The van der Waals surface area contributed by atoms with Crippen molar-refractivity contribution in [1.82, 2.24) is 19.7 Å². The Morgan fingerprint density at radius 1 is 1.07 bits per heavy atom. The lowest BCUT2D eigenvalue weighted by molar-refractivity contribution is 0.0947. The summed E-state index contributed by atoms with van der Waals surface area (Å²) in [7, 11) is 0. The molecule has 2 heterocycles. The summed E-state index contributed by atoms with van der Waals surface area (Å²) in [5.74, 6) is 0.551. The quantitative estimate of drug-likeness (QED) is 0.527. The number of aryl methyl sites for hydroxylation is 1. The average molecular weight is 404 g/mol. The van der Waals surface area contributed by atoms with E-state index in [-0.39, 0.29) is 5.91 Å². The Morgan fingerprint density at radius 3 is 2.59 bits per heavy atom. The van der Waals surface area contributed by atoms with E-state index < -0.39 is 0 Å². The van der Waals surface area contributed by atoms with Gasteiger partial charge in [0.15, 0.2) is 5.82 Å². The molecule has 0 spiro atoms. The molecule has 0 radical (unpaired) electrons. The van der Waals surface area contributed by atoms with E-state index in [0.29, 0.717) is 28.9 Å². The van der Waals surface area contributed by atoms with Crippen LogP contribution >= 0.6 is 11.6 Å². The first-order valence-electron chi connectivity index (χ1n) is 9.08. The number of anilines is 1. The second-order valence-electron chi connectivity index (χ2n) is 6.51. The van der Waals surface area contributed by atoms with Gasteiger partial charge in [0.25, 0.3) is 5.91 Å². The lowest BCUT2D eigenvalue weighted by atomic mass is 10.1. The van der Waals surface area contributed by atoms with Gasteiger partial charge in [-0.15, -0.1) is 5.10 Å². The van der Waals surface area contributed by atoms with E-state index in [9.17, 15) is 4.79 Å². The second kappa shape index (κ2) is 8.24. The minimum Gasteiger partial charge on any atom is -0.350 e. The number of hydrogen-bond acceptors (Lipinski definition) is 5. The van der Waals surface area contributed by atoms with Gasteiger partial charge in [0.1, 0.15) is 0 Å². The normalized spacial score (nSPS) is 10.7. The number of carbonyl (C=O) groups is 1. The van der Waals surface area contributed by atoms with Crippen LogP contribution in [0.2, 0.25) is 5.02 Å². The SMILES string of the molecule is Cc1ccccc1C(=O)n1nc(-c2cccnc2)nc1NCc1ccc(Cl)cc1. The second-order valence-corrected chi connectivity index (χ2v) is 6.95. The van der Waals surface area contributed by atoms with E-state index >= 15 is 0 Å². The van der Waals surface area contributed by atoms with Gasteiger partial charge in [-0.05, 0) is 48.4 Å². The Hall–Kier alpha value is -3.51. The fourth-order valence-electron chi connectivity index (χ4n) is 2.90. The Balaban J connectivity index is 1.70. The number of pyridine rings is 1. The van der Waals surface area contributed by atoms with E-state index in [4.69, 9.17) is 11.6 Å². The molecule has 0 aliphatic rings. The van der Waals surface area contributed by atoms with Crippen LogP contribution in [-0.2, 0) is 6.54 Å². The van der Waals surface area contributed by atoms with Gasteiger partial charge < -0.3 is 5.32 Å². The molecule has 144 valence electrons. The molecule has 1 N–H and O–H groups in total. The zero-order valence-corrected chi connectivity index (χ0v) is 16.5.